The zero-order chi connectivity index (χ0) is 10.1. The van der Waals surface area contributed by atoms with E-state index >= 15 is 0 Å². The Morgan fingerprint density at radius 1 is 1.62 bits per heavy atom. The zero-order valence-corrected chi connectivity index (χ0v) is 9.48. The Labute approximate surface area is 83.6 Å². The molecule has 4 heteroatoms. The Kier molecular flexibility index (Phi) is 2.93. The van der Waals surface area contributed by atoms with Gasteiger partial charge in [-0.2, -0.15) is 0 Å². The molecule has 1 atom stereocenters. The van der Waals surface area contributed by atoms with Crippen LogP contribution in [0.15, 0.2) is 5.38 Å². The average Bonchev–Trinajstić information content (AvgIpc) is 2.52. The van der Waals surface area contributed by atoms with Crippen LogP contribution in [0.3, 0.4) is 0 Å². The van der Waals surface area contributed by atoms with E-state index in [0.29, 0.717) is 0 Å². The van der Waals surface area contributed by atoms with Crippen LogP contribution in [0.5, 0.6) is 0 Å². The molecular formula is C9H17N3S. The fraction of sp³-hybridized carbons (Fsp3) is 0.667. The average molecular weight is 199 g/mol. The molecule has 0 bridgehead atoms. The Morgan fingerprint density at radius 2 is 2.23 bits per heavy atom. The summed E-state index contributed by atoms with van der Waals surface area (Å²) in [5, 5.41) is 3.05. The third-order valence-electron chi connectivity index (χ3n) is 2.19. The van der Waals surface area contributed by atoms with E-state index < -0.39 is 0 Å². The summed E-state index contributed by atoms with van der Waals surface area (Å²) in [4.78, 5) is 6.47. The zero-order valence-electron chi connectivity index (χ0n) is 8.66. The minimum atomic E-state index is -0.287. The summed E-state index contributed by atoms with van der Waals surface area (Å²) in [5.41, 5.74) is 6.78. The first-order valence-electron chi connectivity index (χ1n) is 4.39. The number of nitrogens with zero attached hydrogens (tertiary/aromatic N) is 2. The predicted molar refractivity (Wildman–Crippen MR) is 58.3 cm³/mol. The highest BCUT2D eigenvalue weighted by Gasteiger charge is 2.22. The van der Waals surface area contributed by atoms with Gasteiger partial charge in [-0.25, -0.2) is 4.98 Å². The van der Waals surface area contributed by atoms with Crippen molar-refractivity contribution in [2.24, 2.45) is 5.73 Å². The molecule has 0 aromatic carbocycles. The second kappa shape index (κ2) is 3.64. The molecule has 1 unspecified atom stereocenters. The van der Waals surface area contributed by atoms with Crippen LogP contribution in [-0.4, -0.2) is 19.1 Å². The van der Waals surface area contributed by atoms with Crippen molar-refractivity contribution in [1.82, 2.24) is 4.98 Å². The first-order chi connectivity index (χ1) is 5.97. The molecule has 0 radical (unpaired) electrons. The van der Waals surface area contributed by atoms with E-state index in [0.717, 1.165) is 17.2 Å². The van der Waals surface area contributed by atoms with E-state index in [1.165, 1.54) is 0 Å². The van der Waals surface area contributed by atoms with Gasteiger partial charge in [-0.3, -0.25) is 0 Å². The first kappa shape index (κ1) is 10.5. The third-order valence-corrected chi connectivity index (χ3v) is 3.20. The lowest BCUT2D eigenvalue weighted by Gasteiger charge is -2.19. The molecule has 2 N–H and O–H groups in total. The molecule has 0 saturated carbocycles. The lowest BCUT2D eigenvalue weighted by Crippen LogP contribution is -2.32. The fourth-order valence-electron chi connectivity index (χ4n) is 0.913. The van der Waals surface area contributed by atoms with Crippen LogP contribution in [0.2, 0.25) is 0 Å². The van der Waals surface area contributed by atoms with Gasteiger partial charge >= 0.3 is 0 Å². The minimum absolute atomic E-state index is 0.287. The van der Waals surface area contributed by atoms with Gasteiger partial charge in [-0.15, -0.1) is 11.3 Å². The molecule has 0 aliphatic carbocycles. The Bertz CT molecular complexity index is 278. The van der Waals surface area contributed by atoms with E-state index in [9.17, 15) is 0 Å². The maximum atomic E-state index is 6.08. The van der Waals surface area contributed by atoms with Crippen molar-refractivity contribution in [3.63, 3.8) is 0 Å². The van der Waals surface area contributed by atoms with Gasteiger partial charge in [0.15, 0.2) is 5.13 Å². The second-order valence-electron chi connectivity index (χ2n) is 3.68. The van der Waals surface area contributed by atoms with Gasteiger partial charge in [0.25, 0.3) is 0 Å². The lowest BCUT2D eigenvalue weighted by molar-refractivity contribution is 0.464. The van der Waals surface area contributed by atoms with Gasteiger partial charge in [0, 0.05) is 19.5 Å². The maximum Gasteiger partial charge on any atom is 0.185 e. The molecule has 74 valence electrons. The van der Waals surface area contributed by atoms with Gasteiger partial charge < -0.3 is 10.6 Å². The van der Waals surface area contributed by atoms with Gasteiger partial charge in [0.1, 0.15) is 0 Å². The van der Waals surface area contributed by atoms with Crippen LogP contribution in [0, 0.1) is 0 Å². The van der Waals surface area contributed by atoms with Crippen molar-refractivity contribution in [2.75, 3.05) is 19.0 Å². The minimum Gasteiger partial charge on any atom is -0.354 e. The molecule has 0 aliphatic rings. The smallest absolute Gasteiger partial charge is 0.185 e. The lowest BCUT2D eigenvalue weighted by atomic mass is 9.97. The molecule has 0 saturated heterocycles. The van der Waals surface area contributed by atoms with Gasteiger partial charge in [-0.05, 0) is 13.3 Å². The molecule has 1 rings (SSSR count). The summed E-state index contributed by atoms with van der Waals surface area (Å²) in [6, 6.07) is 0. The Morgan fingerprint density at radius 3 is 2.62 bits per heavy atom. The molecule has 1 heterocycles. The summed E-state index contributed by atoms with van der Waals surface area (Å²) in [5.74, 6) is 0. The molecule has 0 spiro atoms. The Balaban J connectivity index is 2.91. The van der Waals surface area contributed by atoms with Gasteiger partial charge in [0.05, 0.1) is 11.2 Å². The van der Waals surface area contributed by atoms with E-state index in [4.69, 9.17) is 5.73 Å². The number of thiazole rings is 1. The molecule has 1 aromatic heterocycles. The third kappa shape index (κ3) is 2.19. The molecular weight excluding hydrogens is 182 g/mol. The monoisotopic (exact) mass is 199 g/mol. The van der Waals surface area contributed by atoms with Crippen LogP contribution in [0.4, 0.5) is 5.13 Å². The van der Waals surface area contributed by atoms with E-state index in [-0.39, 0.29) is 5.54 Å². The summed E-state index contributed by atoms with van der Waals surface area (Å²) < 4.78 is 0. The van der Waals surface area contributed by atoms with Crippen LogP contribution >= 0.6 is 11.3 Å². The second-order valence-corrected chi connectivity index (χ2v) is 4.52. The number of rotatable bonds is 3. The number of hydrogen-bond acceptors (Lipinski definition) is 4. The van der Waals surface area contributed by atoms with Gasteiger partial charge in [0.2, 0.25) is 0 Å². The van der Waals surface area contributed by atoms with E-state index in [2.05, 4.69) is 11.9 Å². The normalized spacial score (nSPS) is 15.5. The van der Waals surface area contributed by atoms with Crippen LogP contribution in [-0.2, 0) is 5.54 Å². The number of nitrogens with two attached hydrogens (primary N) is 1. The number of anilines is 1. The van der Waals surface area contributed by atoms with E-state index in [1.807, 2.05) is 31.3 Å². The number of hydrogen-bond donors (Lipinski definition) is 1. The standard InChI is InChI=1S/C9H17N3S/c1-5-9(2,10)7-6-13-8(11-7)12(3)4/h6H,5,10H2,1-4H3. The van der Waals surface area contributed by atoms with Crippen molar-refractivity contribution >= 4 is 16.5 Å². The molecule has 0 amide bonds. The molecule has 0 aliphatic heterocycles. The summed E-state index contributed by atoms with van der Waals surface area (Å²) in [6.45, 7) is 4.09. The topological polar surface area (TPSA) is 42.1 Å². The fourth-order valence-corrected chi connectivity index (χ4v) is 1.81. The summed E-state index contributed by atoms with van der Waals surface area (Å²) in [7, 11) is 3.98. The van der Waals surface area contributed by atoms with Crippen LogP contribution in [0.1, 0.15) is 26.0 Å². The highest BCUT2D eigenvalue weighted by Crippen LogP contribution is 2.26. The SMILES string of the molecule is CCC(C)(N)c1csc(N(C)C)n1. The number of aromatic nitrogens is 1. The predicted octanol–water partition coefficient (Wildman–Crippen LogP) is 1.79. The first-order valence-corrected chi connectivity index (χ1v) is 5.27. The summed E-state index contributed by atoms with van der Waals surface area (Å²) in [6.07, 6.45) is 0.906. The van der Waals surface area contributed by atoms with Gasteiger partial charge in [-0.1, -0.05) is 6.92 Å². The van der Waals surface area contributed by atoms with Crippen molar-refractivity contribution in [3.05, 3.63) is 11.1 Å². The molecule has 1 aromatic rings. The quantitative estimate of drug-likeness (QED) is 0.807. The summed E-state index contributed by atoms with van der Waals surface area (Å²) >= 11 is 1.63. The maximum absolute atomic E-state index is 6.08. The molecule has 0 fully saturated rings. The van der Waals surface area contributed by atoms with E-state index in [1.54, 1.807) is 11.3 Å². The highest BCUT2D eigenvalue weighted by molar-refractivity contribution is 7.13. The van der Waals surface area contributed by atoms with Crippen molar-refractivity contribution < 1.29 is 0 Å². The largest absolute Gasteiger partial charge is 0.354 e. The Hall–Kier alpha value is -0.610. The molecule has 13 heavy (non-hydrogen) atoms. The van der Waals surface area contributed by atoms with Crippen molar-refractivity contribution in [2.45, 2.75) is 25.8 Å². The van der Waals surface area contributed by atoms with Crippen molar-refractivity contribution in [3.8, 4) is 0 Å². The highest BCUT2D eigenvalue weighted by atomic mass is 32.1. The van der Waals surface area contributed by atoms with Crippen LogP contribution in [0.25, 0.3) is 0 Å². The molecule has 3 nitrogen and oxygen atoms in total. The van der Waals surface area contributed by atoms with Crippen molar-refractivity contribution in [1.29, 1.82) is 0 Å². The van der Waals surface area contributed by atoms with Crippen LogP contribution < -0.4 is 10.6 Å².